The van der Waals surface area contributed by atoms with Crippen molar-refractivity contribution in [2.75, 3.05) is 19.7 Å². The summed E-state index contributed by atoms with van der Waals surface area (Å²) in [7, 11) is 0. The minimum atomic E-state index is 0.604. The highest BCUT2D eigenvalue weighted by Crippen LogP contribution is 2.31. The number of fused-ring (bicyclic) bond motifs is 3. The van der Waals surface area contributed by atoms with Gasteiger partial charge < -0.3 is 4.74 Å². The normalized spacial score (nSPS) is 32.6. The van der Waals surface area contributed by atoms with Crippen molar-refractivity contribution in [3.8, 4) is 5.75 Å². The average molecular weight is 219 g/mol. The van der Waals surface area contributed by atoms with Gasteiger partial charge in [0.05, 0.1) is 12.4 Å². The van der Waals surface area contributed by atoms with Crippen LogP contribution in [0.25, 0.3) is 0 Å². The molecule has 3 fully saturated rings. The summed E-state index contributed by atoms with van der Waals surface area (Å²) in [4.78, 5) is 10.5. The summed E-state index contributed by atoms with van der Waals surface area (Å²) < 4.78 is 5.73. The van der Waals surface area contributed by atoms with E-state index in [2.05, 4.69) is 14.9 Å². The van der Waals surface area contributed by atoms with Gasteiger partial charge >= 0.3 is 0 Å². The van der Waals surface area contributed by atoms with Crippen LogP contribution in [-0.4, -0.2) is 40.6 Å². The molecule has 1 aromatic rings. The molecule has 1 unspecified atom stereocenters. The van der Waals surface area contributed by atoms with Crippen molar-refractivity contribution in [2.24, 2.45) is 5.92 Å². The van der Waals surface area contributed by atoms with Crippen LogP contribution in [0.15, 0.2) is 18.7 Å². The first-order chi connectivity index (χ1) is 7.92. The standard InChI is InChI=1S/C12H17N3O/c1-3-15-4-2-10(1)5-11(15)8-16-12-6-13-9-14-7-12/h6-7,9-11H,1-5,8H2. The van der Waals surface area contributed by atoms with Gasteiger partial charge in [-0.3, -0.25) is 4.90 Å². The smallest absolute Gasteiger partial charge is 0.155 e. The minimum absolute atomic E-state index is 0.604. The summed E-state index contributed by atoms with van der Waals surface area (Å²) in [6.45, 7) is 3.29. The molecule has 4 heterocycles. The van der Waals surface area contributed by atoms with Crippen LogP contribution in [0, 0.1) is 5.92 Å². The Morgan fingerprint density at radius 3 is 2.62 bits per heavy atom. The molecular weight excluding hydrogens is 202 g/mol. The first kappa shape index (κ1) is 10.0. The van der Waals surface area contributed by atoms with E-state index in [9.17, 15) is 0 Å². The van der Waals surface area contributed by atoms with Gasteiger partial charge in [0.1, 0.15) is 12.9 Å². The fraction of sp³-hybridized carbons (Fsp3) is 0.667. The molecule has 3 saturated heterocycles. The van der Waals surface area contributed by atoms with Gasteiger partial charge in [-0.2, -0.15) is 0 Å². The molecule has 0 aliphatic carbocycles. The highest BCUT2D eigenvalue weighted by Gasteiger charge is 2.33. The highest BCUT2D eigenvalue weighted by atomic mass is 16.5. The lowest BCUT2D eigenvalue weighted by Crippen LogP contribution is -2.51. The predicted molar refractivity (Wildman–Crippen MR) is 60.2 cm³/mol. The monoisotopic (exact) mass is 219 g/mol. The second-order valence-corrected chi connectivity index (χ2v) is 4.75. The topological polar surface area (TPSA) is 38.2 Å². The van der Waals surface area contributed by atoms with E-state index in [1.54, 1.807) is 12.4 Å². The largest absolute Gasteiger partial charge is 0.489 e. The molecule has 1 aromatic heterocycles. The molecule has 4 rings (SSSR count). The van der Waals surface area contributed by atoms with Gasteiger partial charge in [-0.1, -0.05) is 0 Å². The van der Waals surface area contributed by atoms with Crippen molar-refractivity contribution >= 4 is 0 Å². The minimum Gasteiger partial charge on any atom is -0.489 e. The molecule has 1 atom stereocenters. The van der Waals surface area contributed by atoms with Crippen LogP contribution in [0.2, 0.25) is 0 Å². The Kier molecular flexibility index (Phi) is 2.74. The molecule has 0 radical (unpaired) electrons. The first-order valence-corrected chi connectivity index (χ1v) is 6.03. The summed E-state index contributed by atoms with van der Waals surface area (Å²) >= 11 is 0. The molecule has 3 aliphatic rings. The fourth-order valence-corrected chi connectivity index (χ4v) is 2.81. The van der Waals surface area contributed by atoms with Gasteiger partial charge in [0.2, 0.25) is 0 Å². The summed E-state index contributed by atoms with van der Waals surface area (Å²) in [5.41, 5.74) is 0. The Hall–Kier alpha value is -1.16. The van der Waals surface area contributed by atoms with Gasteiger partial charge in [0, 0.05) is 6.04 Å². The zero-order chi connectivity index (χ0) is 10.8. The van der Waals surface area contributed by atoms with Crippen LogP contribution < -0.4 is 4.74 Å². The lowest BCUT2D eigenvalue weighted by atomic mass is 9.84. The quantitative estimate of drug-likeness (QED) is 0.769. The van der Waals surface area contributed by atoms with Crippen LogP contribution in [0.1, 0.15) is 19.3 Å². The number of aromatic nitrogens is 2. The molecule has 16 heavy (non-hydrogen) atoms. The van der Waals surface area contributed by atoms with E-state index in [1.807, 2.05) is 0 Å². The third-order valence-electron chi connectivity index (χ3n) is 3.75. The Bertz CT molecular complexity index is 335. The van der Waals surface area contributed by atoms with Gasteiger partial charge in [-0.05, 0) is 38.3 Å². The Balaban J connectivity index is 1.56. The predicted octanol–water partition coefficient (Wildman–Crippen LogP) is 1.34. The summed E-state index contributed by atoms with van der Waals surface area (Å²) in [6, 6.07) is 0.604. The van der Waals surface area contributed by atoms with E-state index in [1.165, 1.54) is 38.7 Å². The van der Waals surface area contributed by atoms with Gasteiger partial charge in [0.15, 0.2) is 5.75 Å². The van der Waals surface area contributed by atoms with E-state index >= 15 is 0 Å². The molecule has 86 valence electrons. The van der Waals surface area contributed by atoms with Gasteiger partial charge in [-0.25, -0.2) is 9.97 Å². The number of rotatable bonds is 3. The van der Waals surface area contributed by atoms with Crippen molar-refractivity contribution in [3.63, 3.8) is 0 Å². The molecule has 0 saturated carbocycles. The molecular formula is C12H17N3O. The molecule has 3 aliphatic heterocycles. The Labute approximate surface area is 95.7 Å². The third kappa shape index (κ3) is 2.02. The molecule has 2 bridgehead atoms. The van der Waals surface area contributed by atoms with Crippen LogP contribution in [0.4, 0.5) is 0 Å². The number of hydrogen-bond donors (Lipinski definition) is 0. The molecule has 0 spiro atoms. The third-order valence-corrected chi connectivity index (χ3v) is 3.75. The van der Waals surface area contributed by atoms with Crippen LogP contribution in [0.5, 0.6) is 5.75 Å². The molecule has 4 nitrogen and oxygen atoms in total. The van der Waals surface area contributed by atoms with E-state index < -0.39 is 0 Å². The summed E-state index contributed by atoms with van der Waals surface area (Å²) in [5, 5.41) is 0. The zero-order valence-electron chi connectivity index (χ0n) is 9.38. The lowest BCUT2D eigenvalue weighted by Gasteiger charge is -2.45. The average Bonchev–Trinajstić information content (AvgIpc) is 2.39. The van der Waals surface area contributed by atoms with E-state index in [0.29, 0.717) is 6.04 Å². The fourth-order valence-electron chi connectivity index (χ4n) is 2.81. The second kappa shape index (κ2) is 4.37. The molecule has 0 N–H and O–H groups in total. The number of hydrogen-bond acceptors (Lipinski definition) is 4. The van der Waals surface area contributed by atoms with Crippen molar-refractivity contribution in [3.05, 3.63) is 18.7 Å². The van der Waals surface area contributed by atoms with Crippen LogP contribution in [0.3, 0.4) is 0 Å². The summed E-state index contributed by atoms with van der Waals surface area (Å²) in [6.07, 6.45) is 9.04. The maximum absolute atomic E-state index is 5.73. The van der Waals surface area contributed by atoms with Crippen molar-refractivity contribution in [1.29, 1.82) is 0 Å². The highest BCUT2D eigenvalue weighted by molar-refractivity contribution is 5.10. The maximum atomic E-state index is 5.73. The van der Waals surface area contributed by atoms with Crippen molar-refractivity contribution in [2.45, 2.75) is 25.3 Å². The van der Waals surface area contributed by atoms with Gasteiger partial charge in [-0.15, -0.1) is 0 Å². The zero-order valence-corrected chi connectivity index (χ0v) is 9.38. The first-order valence-electron chi connectivity index (χ1n) is 6.03. The van der Waals surface area contributed by atoms with Crippen LogP contribution >= 0.6 is 0 Å². The van der Waals surface area contributed by atoms with E-state index in [4.69, 9.17) is 4.74 Å². The number of ether oxygens (including phenoxy) is 1. The maximum Gasteiger partial charge on any atom is 0.155 e. The number of nitrogens with zero attached hydrogens (tertiary/aromatic N) is 3. The van der Waals surface area contributed by atoms with E-state index in [0.717, 1.165) is 18.3 Å². The van der Waals surface area contributed by atoms with E-state index in [-0.39, 0.29) is 0 Å². The van der Waals surface area contributed by atoms with Crippen molar-refractivity contribution in [1.82, 2.24) is 14.9 Å². The lowest BCUT2D eigenvalue weighted by molar-refractivity contribution is 0.0237. The Morgan fingerprint density at radius 2 is 2.00 bits per heavy atom. The molecule has 4 heteroatoms. The van der Waals surface area contributed by atoms with Crippen LogP contribution in [-0.2, 0) is 0 Å². The second-order valence-electron chi connectivity index (χ2n) is 4.75. The Morgan fingerprint density at radius 1 is 1.25 bits per heavy atom. The molecule has 0 amide bonds. The van der Waals surface area contributed by atoms with Crippen molar-refractivity contribution < 1.29 is 4.74 Å². The number of piperidine rings is 3. The van der Waals surface area contributed by atoms with Gasteiger partial charge in [0.25, 0.3) is 0 Å². The SMILES string of the molecule is c1ncc(OCC2CC3CCN2CC3)cn1. The molecule has 0 aromatic carbocycles. The summed E-state index contributed by atoms with van der Waals surface area (Å²) in [5.74, 6) is 1.72.